The van der Waals surface area contributed by atoms with Crippen LogP contribution in [0, 0.1) is 17.5 Å². The molecule has 2 N–H and O–H groups in total. The molecule has 198 valence electrons. The van der Waals surface area contributed by atoms with Gasteiger partial charge in [0.05, 0.1) is 17.8 Å². The number of pyridine rings is 1. The van der Waals surface area contributed by atoms with Crippen LogP contribution in [0.1, 0.15) is 43.4 Å². The Morgan fingerprint density at radius 2 is 1.72 bits per heavy atom. The number of halogens is 7. The normalized spacial score (nSPS) is 14.6. The smallest absolute Gasteiger partial charge is 0.341 e. The third-order valence-corrected chi connectivity index (χ3v) is 6.42. The summed E-state index contributed by atoms with van der Waals surface area (Å²) in [6, 6.07) is 7.63. The molecule has 5 rings (SSSR count). The molecular weight excluding hydrogens is 548 g/mol. The van der Waals surface area contributed by atoms with Gasteiger partial charge in [-0.25, -0.2) is 13.2 Å². The number of nitrogens with zero attached hydrogens (tertiary/aromatic N) is 1. The van der Waals surface area contributed by atoms with Crippen LogP contribution < -0.4 is 10.6 Å². The van der Waals surface area contributed by atoms with E-state index in [1.54, 1.807) is 0 Å². The van der Waals surface area contributed by atoms with Crippen molar-refractivity contribution in [3.05, 3.63) is 117 Å². The Labute approximate surface area is 221 Å². The molecule has 1 aromatic heterocycles. The number of benzene rings is 3. The summed E-state index contributed by atoms with van der Waals surface area (Å²) in [5, 5.41) is 5.12. The monoisotopic (exact) mass is 561 g/mol. The molecule has 1 aliphatic rings. The molecular formula is C27H14ClF6N3O2. The second kappa shape index (κ2) is 9.73. The Morgan fingerprint density at radius 1 is 0.949 bits per heavy atom. The van der Waals surface area contributed by atoms with E-state index in [1.807, 2.05) is 0 Å². The molecule has 2 amide bonds. The first-order valence-electron chi connectivity index (χ1n) is 11.1. The first kappa shape index (κ1) is 26.2. The highest BCUT2D eigenvalue weighted by atomic mass is 35.5. The van der Waals surface area contributed by atoms with Gasteiger partial charge in [0.2, 0.25) is 0 Å². The van der Waals surface area contributed by atoms with E-state index in [4.69, 9.17) is 11.6 Å². The predicted molar refractivity (Wildman–Crippen MR) is 130 cm³/mol. The summed E-state index contributed by atoms with van der Waals surface area (Å²) >= 11 is 6.26. The zero-order chi connectivity index (χ0) is 28.1. The van der Waals surface area contributed by atoms with Gasteiger partial charge in [0, 0.05) is 44.7 Å². The van der Waals surface area contributed by atoms with Crippen molar-refractivity contribution in [3.63, 3.8) is 0 Å². The minimum absolute atomic E-state index is 0.00782. The van der Waals surface area contributed by atoms with Crippen molar-refractivity contribution in [2.45, 2.75) is 12.2 Å². The molecule has 1 aliphatic heterocycles. The van der Waals surface area contributed by atoms with Crippen molar-refractivity contribution >= 4 is 29.1 Å². The maximum absolute atomic E-state index is 14.6. The van der Waals surface area contributed by atoms with Gasteiger partial charge in [-0.2, -0.15) is 13.2 Å². The van der Waals surface area contributed by atoms with Crippen molar-refractivity contribution in [1.29, 1.82) is 0 Å². The highest BCUT2D eigenvalue weighted by Gasteiger charge is 2.36. The van der Waals surface area contributed by atoms with Crippen molar-refractivity contribution in [3.8, 4) is 11.1 Å². The van der Waals surface area contributed by atoms with Crippen molar-refractivity contribution in [1.82, 2.24) is 10.3 Å². The number of amides is 2. The van der Waals surface area contributed by atoms with Gasteiger partial charge in [-0.1, -0.05) is 11.6 Å². The average Bonchev–Trinajstić information content (AvgIpc) is 3.21. The molecule has 0 saturated heterocycles. The third-order valence-electron chi connectivity index (χ3n) is 6.08. The number of rotatable bonds is 4. The van der Waals surface area contributed by atoms with Crippen LogP contribution in [-0.4, -0.2) is 16.8 Å². The molecule has 0 fully saturated rings. The van der Waals surface area contributed by atoms with Gasteiger partial charge in [0.25, 0.3) is 11.8 Å². The van der Waals surface area contributed by atoms with E-state index in [0.29, 0.717) is 12.1 Å². The van der Waals surface area contributed by atoms with Gasteiger partial charge in [-0.05, 0) is 60.2 Å². The quantitative estimate of drug-likeness (QED) is 0.266. The lowest BCUT2D eigenvalue weighted by atomic mass is 9.92. The van der Waals surface area contributed by atoms with Gasteiger partial charge >= 0.3 is 6.18 Å². The largest absolute Gasteiger partial charge is 0.416 e. The lowest BCUT2D eigenvalue weighted by Crippen LogP contribution is -2.21. The summed E-state index contributed by atoms with van der Waals surface area (Å²) in [5.41, 5.74) is -1.82. The minimum atomic E-state index is -4.92. The summed E-state index contributed by atoms with van der Waals surface area (Å²) in [6.07, 6.45) is -2.70. The standard InChI is InChI=1S/C27H14ClF6N3O2/c28-20-2-1-15(29)10-18(20)24-23-19(26(39)37-24)7-12(17-3-4-35-11-21(17)31)8-22(23)36-25(38)13-5-14(27(32,33)34)9-16(30)6-13/h1-11,24H,(H,36,38)(H,37,39)/t24-/m0/s1. The van der Waals surface area contributed by atoms with Crippen LogP contribution in [0.3, 0.4) is 0 Å². The van der Waals surface area contributed by atoms with Crippen molar-refractivity contribution in [2.75, 3.05) is 5.32 Å². The highest BCUT2D eigenvalue weighted by molar-refractivity contribution is 6.31. The summed E-state index contributed by atoms with van der Waals surface area (Å²) in [7, 11) is 0. The SMILES string of the molecule is O=C(Nc1cc(-c2ccncc2F)cc2c1[C@H](c1cc(F)ccc1Cl)NC2=O)c1cc(F)cc(C(F)(F)F)c1. The van der Waals surface area contributed by atoms with Gasteiger partial charge in [-0.3, -0.25) is 14.6 Å². The van der Waals surface area contributed by atoms with E-state index in [2.05, 4.69) is 15.6 Å². The number of aromatic nitrogens is 1. The molecule has 0 radical (unpaired) electrons. The Kier molecular flexibility index (Phi) is 6.55. The molecule has 5 nitrogen and oxygen atoms in total. The second-order valence-electron chi connectivity index (χ2n) is 8.59. The summed E-state index contributed by atoms with van der Waals surface area (Å²) in [5.74, 6) is -4.52. The zero-order valence-electron chi connectivity index (χ0n) is 19.3. The fourth-order valence-corrected chi connectivity index (χ4v) is 4.58. The van der Waals surface area contributed by atoms with Crippen LogP contribution in [0.2, 0.25) is 5.02 Å². The average molecular weight is 562 g/mol. The number of hydrogen-bond acceptors (Lipinski definition) is 3. The van der Waals surface area contributed by atoms with E-state index >= 15 is 0 Å². The molecule has 39 heavy (non-hydrogen) atoms. The Balaban J connectivity index is 1.68. The number of fused-ring (bicyclic) bond motifs is 1. The van der Waals surface area contributed by atoms with E-state index in [1.165, 1.54) is 30.5 Å². The van der Waals surface area contributed by atoms with E-state index in [-0.39, 0.29) is 44.6 Å². The summed E-state index contributed by atoms with van der Waals surface area (Å²) in [4.78, 5) is 29.7. The van der Waals surface area contributed by atoms with Crippen LogP contribution in [0.25, 0.3) is 11.1 Å². The van der Waals surface area contributed by atoms with Crippen molar-refractivity contribution < 1.29 is 35.9 Å². The summed E-state index contributed by atoms with van der Waals surface area (Å²) in [6.45, 7) is 0. The van der Waals surface area contributed by atoms with Gasteiger partial charge in [0.1, 0.15) is 17.5 Å². The van der Waals surface area contributed by atoms with E-state index in [9.17, 15) is 35.9 Å². The number of carbonyl (C=O) groups is 2. The topological polar surface area (TPSA) is 71.1 Å². The molecule has 2 heterocycles. The molecule has 0 spiro atoms. The number of anilines is 1. The molecule has 0 saturated carbocycles. The van der Waals surface area contributed by atoms with Crippen LogP contribution in [0.4, 0.5) is 32.0 Å². The molecule has 3 aromatic carbocycles. The molecule has 0 aliphatic carbocycles. The zero-order valence-corrected chi connectivity index (χ0v) is 20.1. The van der Waals surface area contributed by atoms with Gasteiger partial charge in [-0.15, -0.1) is 0 Å². The molecule has 0 bridgehead atoms. The molecule has 4 aromatic rings. The molecule has 12 heteroatoms. The van der Waals surface area contributed by atoms with Crippen LogP contribution >= 0.6 is 11.6 Å². The predicted octanol–water partition coefficient (Wildman–Crippen LogP) is 6.92. The second-order valence-corrected chi connectivity index (χ2v) is 9.00. The number of nitrogens with one attached hydrogen (secondary N) is 2. The first-order chi connectivity index (χ1) is 18.4. The van der Waals surface area contributed by atoms with E-state index < -0.39 is 52.6 Å². The first-order valence-corrected chi connectivity index (χ1v) is 11.5. The van der Waals surface area contributed by atoms with Gasteiger partial charge in [0.15, 0.2) is 0 Å². The lowest BCUT2D eigenvalue weighted by molar-refractivity contribution is -0.137. The van der Waals surface area contributed by atoms with E-state index in [0.717, 1.165) is 18.3 Å². The van der Waals surface area contributed by atoms with Crippen molar-refractivity contribution in [2.24, 2.45) is 0 Å². The fraction of sp³-hybridized carbons (Fsp3) is 0.0741. The Hall–Kier alpha value is -4.38. The Morgan fingerprint density at radius 3 is 2.44 bits per heavy atom. The maximum atomic E-state index is 14.6. The van der Waals surface area contributed by atoms with Crippen LogP contribution in [0.15, 0.2) is 67.0 Å². The number of alkyl halides is 3. The third kappa shape index (κ3) is 5.05. The van der Waals surface area contributed by atoms with Crippen LogP contribution in [0.5, 0.6) is 0 Å². The minimum Gasteiger partial charge on any atom is -0.341 e. The van der Waals surface area contributed by atoms with Gasteiger partial charge < -0.3 is 10.6 Å². The maximum Gasteiger partial charge on any atom is 0.416 e. The number of hydrogen-bond donors (Lipinski definition) is 2. The molecule has 1 atom stereocenters. The number of carbonyl (C=O) groups excluding carboxylic acids is 2. The lowest BCUT2D eigenvalue weighted by Gasteiger charge is -2.19. The molecule has 0 unspecified atom stereocenters. The Bertz CT molecular complexity index is 1660. The van der Waals surface area contributed by atoms with Crippen LogP contribution in [-0.2, 0) is 6.18 Å². The highest BCUT2D eigenvalue weighted by Crippen LogP contribution is 2.42. The fourth-order valence-electron chi connectivity index (χ4n) is 4.35. The summed E-state index contributed by atoms with van der Waals surface area (Å²) < 4.78 is 82.3.